The summed E-state index contributed by atoms with van der Waals surface area (Å²) in [5.74, 6) is 0.827. The molecule has 2 aromatic heterocycles. The normalized spacial score (nSPS) is 14.1. The largest absolute Gasteiger partial charge is 0.343 e. The molecular weight excluding hydrogens is 280 g/mol. The van der Waals surface area contributed by atoms with E-state index in [1.807, 2.05) is 18.2 Å². The minimum atomic E-state index is 0.734. The first-order valence-electron chi connectivity index (χ1n) is 7.14. The number of aryl methyl sites for hydroxylation is 1. The van der Waals surface area contributed by atoms with Crippen LogP contribution in [-0.4, -0.2) is 19.9 Å². The fourth-order valence-electron chi connectivity index (χ4n) is 2.87. The third-order valence-corrected chi connectivity index (χ3v) is 4.29. The number of benzene rings is 1. The van der Waals surface area contributed by atoms with Crippen LogP contribution in [0.5, 0.6) is 0 Å². The van der Waals surface area contributed by atoms with E-state index in [0.717, 1.165) is 39.9 Å². The molecule has 0 saturated carbocycles. The zero-order valence-corrected chi connectivity index (χ0v) is 12.3. The van der Waals surface area contributed by atoms with Gasteiger partial charge in [-0.05, 0) is 43.9 Å². The van der Waals surface area contributed by atoms with E-state index in [2.05, 4.69) is 19.9 Å². The second-order valence-corrected chi connectivity index (χ2v) is 5.70. The maximum atomic E-state index is 5.46. The Labute approximate surface area is 127 Å². The van der Waals surface area contributed by atoms with Crippen molar-refractivity contribution in [2.75, 3.05) is 0 Å². The molecule has 0 radical (unpaired) electrons. The first-order valence-corrected chi connectivity index (χ1v) is 7.55. The fourth-order valence-corrected chi connectivity index (χ4v) is 3.18. The Morgan fingerprint density at radius 1 is 1.00 bits per heavy atom. The summed E-state index contributed by atoms with van der Waals surface area (Å²) in [6, 6.07) is 5.99. The summed E-state index contributed by atoms with van der Waals surface area (Å²) >= 11 is 5.46. The smallest absolute Gasteiger partial charge is 0.139 e. The fraction of sp³-hybridized carbons (Fsp3) is 0.250. The Hall–Kier alpha value is -2.14. The van der Waals surface area contributed by atoms with Crippen molar-refractivity contribution in [3.8, 4) is 11.4 Å². The van der Waals surface area contributed by atoms with E-state index >= 15 is 0 Å². The van der Waals surface area contributed by atoms with Gasteiger partial charge < -0.3 is 4.98 Å². The van der Waals surface area contributed by atoms with Crippen LogP contribution >= 0.6 is 12.2 Å². The van der Waals surface area contributed by atoms with Crippen molar-refractivity contribution in [1.29, 1.82) is 0 Å². The van der Waals surface area contributed by atoms with Gasteiger partial charge in [-0.2, -0.15) is 0 Å². The number of hydrogen-bond donors (Lipinski definition) is 1. The Morgan fingerprint density at radius 2 is 1.81 bits per heavy atom. The van der Waals surface area contributed by atoms with Gasteiger partial charge >= 0.3 is 0 Å². The lowest BCUT2D eigenvalue weighted by molar-refractivity contribution is 0.661. The number of aromatic nitrogens is 4. The first-order chi connectivity index (χ1) is 10.3. The molecule has 4 rings (SSSR count). The predicted octanol–water partition coefficient (Wildman–Crippen LogP) is 3.63. The molecule has 4 nitrogen and oxygen atoms in total. The molecule has 1 aromatic carbocycles. The molecule has 5 heteroatoms. The molecule has 104 valence electrons. The highest BCUT2D eigenvalue weighted by Gasteiger charge is 2.14. The van der Waals surface area contributed by atoms with Crippen LogP contribution in [0.15, 0.2) is 30.6 Å². The molecule has 0 atom stereocenters. The Morgan fingerprint density at radius 3 is 2.71 bits per heavy atom. The van der Waals surface area contributed by atoms with Gasteiger partial charge in [0.05, 0.1) is 11.0 Å². The maximum absolute atomic E-state index is 5.46. The van der Waals surface area contributed by atoms with Crippen LogP contribution in [0.3, 0.4) is 0 Å². The molecule has 0 fully saturated rings. The lowest BCUT2D eigenvalue weighted by atomic mass is 9.97. The highest BCUT2D eigenvalue weighted by Crippen LogP contribution is 2.24. The monoisotopic (exact) mass is 294 g/mol. The summed E-state index contributed by atoms with van der Waals surface area (Å²) in [5, 5.41) is 0. The highest BCUT2D eigenvalue weighted by atomic mass is 32.1. The Balaban J connectivity index is 1.88. The number of hydrogen-bond acceptors (Lipinski definition) is 4. The molecule has 1 aliphatic carbocycles. The van der Waals surface area contributed by atoms with E-state index in [0.29, 0.717) is 0 Å². The van der Waals surface area contributed by atoms with Crippen LogP contribution in [0.1, 0.15) is 24.1 Å². The second kappa shape index (κ2) is 5.00. The van der Waals surface area contributed by atoms with Gasteiger partial charge in [0, 0.05) is 29.2 Å². The van der Waals surface area contributed by atoms with E-state index in [1.54, 1.807) is 12.4 Å². The van der Waals surface area contributed by atoms with Gasteiger partial charge in [-0.3, -0.25) is 9.97 Å². The quantitative estimate of drug-likeness (QED) is 0.696. The van der Waals surface area contributed by atoms with Crippen LogP contribution in [0.4, 0.5) is 0 Å². The molecule has 0 saturated heterocycles. The zero-order valence-electron chi connectivity index (χ0n) is 11.5. The summed E-state index contributed by atoms with van der Waals surface area (Å²) in [7, 11) is 0. The first kappa shape index (κ1) is 12.6. The average molecular weight is 294 g/mol. The molecule has 0 unspecified atom stereocenters. The van der Waals surface area contributed by atoms with Crippen molar-refractivity contribution in [1.82, 2.24) is 19.9 Å². The van der Waals surface area contributed by atoms with Crippen molar-refractivity contribution in [2.45, 2.75) is 25.7 Å². The number of nitrogens with one attached hydrogen (secondary N) is 1. The molecule has 0 bridgehead atoms. The van der Waals surface area contributed by atoms with Crippen molar-refractivity contribution in [2.24, 2.45) is 0 Å². The summed E-state index contributed by atoms with van der Waals surface area (Å²) in [6.07, 6.45) is 7.92. The zero-order chi connectivity index (χ0) is 14.2. The van der Waals surface area contributed by atoms with Crippen LogP contribution in [-0.2, 0) is 12.8 Å². The van der Waals surface area contributed by atoms with Gasteiger partial charge in [-0.15, -0.1) is 0 Å². The highest BCUT2D eigenvalue weighted by molar-refractivity contribution is 7.71. The molecule has 0 aliphatic heterocycles. The van der Waals surface area contributed by atoms with E-state index in [-0.39, 0.29) is 0 Å². The number of rotatable bonds is 1. The minimum absolute atomic E-state index is 0.734. The topological polar surface area (TPSA) is 54.5 Å². The lowest BCUT2D eigenvalue weighted by Gasteiger charge is -2.16. The van der Waals surface area contributed by atoms with Crippen molar-refractivity contribution in [3.63, 3.8) is 0 Å². The molecule has 0 amide bonds. The van der Waals surface area contributed by atoms with E-state index in [4.69, 9.17) is 12.2 Å². The molecule has 21 heavy (non-hydrogen) atoms. The molecule has 0 spiro atoms. The van der Waals surface area contributed by atoms with E-state index in [9.17, 15) is 0 Å². The van der Waals surface area contributed by atoms with Gasteiger partial charge in [0.15, 0.2) is 0 Å². The molecular formula is C16H14N4S. The Kier molecular flexibility index (Phi) is 3.00. The molecule has 3 aromatic rings. The van der Waals surface area contributed by atoms with Gasteiger partial charge in [0.2, 0.25) is 0 Å². The number of nitrogens with zero attached hydrogens (tertiary/aromatic N) is 3. The summed E-state index contributed by atoms with van der Waals surface area (Å²) < 4.78 is 0.734. The van der Waals surface area contributed by atoms with Crippen LogP contribution in [0.25, 0.3) is 22.4 Å². The average Bonchev–Trinajstić information content (AvgIpc) is 2.54. The minimum Gasteiger partial charge on any atom is -0.343 e. The van der Waals surface area contributed by atoms with Crippen LogP contribution in [0, 0.1) is 4.64 Å². The maximum Gasteiger partial charge on any atom is 0.139 e. The summed E-state index contributed by atoms with van der Waals surface area (Å²) in [6.45, 7) is 0. The van der Waals surface area contributed by atoms with Gasteiger partial charge in [-0.25, -0.2) is 4.98 Å². The third kappa shape index (κ3) is 2.23. The van der Waals surface area contributed by atoms with Crippen molar-refractivity contribution < 1.29 is 0 Å². The van der Waals surface area contributed by atoms with Crippen LogP contribution < -0.4 is 0 Å². The third-order valence-electron chi connectivity index (χ3n) is 3.95. The van der Waals surface area contributed by atoms with Crippen molar-refractivity contribution in [3.05, 3.63) is 46.5 Å². The molecule has 1 N–H and O–H groups in total. The van der Waals surface area contributed by atoms with Gasteiger partial charge in [-0.1, -0.05) is 12.2 Å². The Bertz CT molecular complexity index is 885. The number of aromatic amines is 1. The second-order valence-electron chi connectivity index (χ2n) is 5.31. The van der Waals surface area contributed by atoms with E-state index < -0.39 is 0 Å². The lowest BCUT2D eigenvalue weighted by Crippen LogP contribution is -2.08. The number of fused-ring (bicyclic) bond motifs is 2. The number of H-pyrrole nitrogens is 1. The standard InChI is InChI=1S/C16H14N4S/c21-16-11-3-1-2-4-12(11)19-15(20-16)10-5-6-13-14(9-10)18-8-7-17-13/h5-9H,1-4H2,(H,19,20,21). The van der Waals surface area contributed by atoms with Crippen molar-refractivity contribution >= 4 is 23.3 Å². The summed E-state index contributed by atoms with van der Waals surface area (Å²) in [5.41, 5.74) is 5.23. The summed E-state index contributed by atoms with van der Waals surface area (Å²) in [4.78, 5) is 16.7. The van der Waals surface area contributed by atoms with Gasteiger partial charge in [0.25, 0.3) is 0 Å². The molecule has 2 heterocycles. The van der Waals surface area contributed by atoms with Gasteiger partial charge in [0.1, 0.15) is 10.5 Å². The molecule has 1 aliphatic rings. The SMILES string of the molecule is S=c1nc(-c2ccc3nccnc3c2)[nH]c2c1CCCC2. The van der Waals surface area contributed by atoms with E-state index in [1.165, 1.54) is 24.1 Å². The van der Waals surface area contributed by atoms with Crippen LogP contribution in [0.2, 0.25) is 0 Å². The predicted molar refractivity (Wildman–Crippen MR) is 84.6 cm³/mol.